The van der Waals surface area contributed by atoms with Gasteiger partial charge in [-0.25, -0.2) is 9.78 Å². The number of carbonyl (C=O) groups is 2. The van der Waals surface area contributed by atoms with Gasteiger partial charge in [0.15, 0.2) is 17.2 Å². The van der Waals surface area contributed by atoms with Crippen molar-refractivity contribution < 1.29 is 24.2 Å². The lowest BCUT2D eigenvalue weighted by atomic mass is 10.0. The van der Waals surface area contributed by atoms with E-state index in [2.05, 4.69) is 10.3 Å². The number of aryl methyl sites for hydroxylation is 1. The molecule has 2 N–H and O–H groups in total. The number of nitrogens with zero attached hydrogens (tertiary/aromatic N) is 1. The summed E-state index contributed by atoms with van der Waals surface area (Å²) >= 11 is 6.10. The van der Waals surface area contributed by atoms with Gasteiger partial charge in [0, 0.05) is 17.3 Å². The largest absolute Gasteiger partial charge is 0.503 e. The Morgan fingerprint density at radius 3 is 2.36 bits per heavy atom. The van der Waals surface area contributed by atoms with Crippen LogP contribution in [0.3, 0.4) is 0 Å². The zero-order chi connectivity index (χ0) is 24.1. The number of hydrogen-bond donors (Lipinski definition) is 2. The fourth-order valence-electron chi connectivity index (χ4n) is 3.21. The normalized spacial score (nSPS) is 12.5. The predicted octanol–water partition coefficient (Wildman–Crippen LogP) is 4.85. The molecule has 0 saturated carbocycles. The second kappa shape index (κ2) is 10.4. The van der Waals surface area contributed by atoms with Crippen molar-refractivity contribution in [3.05, 3.63) is 76.6 Å². The Hall–Kier alpha value is -3.58. The van der Waals surface area contributed by atoms with Gasteiger partial charge < -0.3 is 19.9 Å². The number of rotatable bonds is 7. The molecule has 3 rings (SSSR count). The van der Waals surface area contributed by atoms with Crippen molar-refractivity contribution in [3.8, 4) is 22.6 Å². The third kappa shape index (κ3) is 5.62. The molecular formula is C25H25ClN2O5. The molecule has 2 atom stereocenters. The minimum atomic E-state index is -0.955. The Morgan fingerprint density at radius 2 is 1.73 bits per heavy atom. The number of aromatic nitrogens is 1. The standard InChI is InChI=1S/C25H25ClN2O5/c1-14-13-19(9-10-20(14)26)18-7-5-17(6-8-18)16(3)33-25(31)15(2)28-24(30)22-23(29)21(32-4)11-12-27-22/h5-13,15-16,29H,1-4H3,(H,28,30)/t15-,16-/m0/s1. The van der Waals surface area contributed by atoms with Gasteiger partial charge in [0.25, 0.3) is 5.91 Å². The third-order valence-electron chi connectivity index (χ3n) is 5.19. The number of hydrogen-bond acceptors (Lipinski definition) is 6. The smallest absolute Gasteiger partial charge is 0.328 e. The van der Waals surface area contributed by atoms with Crippen molar-refractivity contribution in [2.24, 2.45) is 0 Å². The second-order valence-corrected chi connectivity index (χ2v) is 7.98. The molecule has 0 spiro atoms. The fourth-order valence-corrected chi connectivity index (χ4v) is 3.32. The Kier molecular flexibility index (Phi) is 7.55. The first-order valence-electron chi connectivity index (χ1n) is 10.3. The number of nitrogens with one attached hydrogen (secondary N) is 1. The minimum Gasteiger partial charge on any atom is -0.503 e. The molecule has 1 amide bonds. The number of amides is 1. The molecule has 8 heteroatoms. The summed E-state index contributed by atoms with van der Waals surface area (Å²) in [5.74, 6) is -1.62. The summed E-state index contributed by atoms with van der Waals surface area (Å²) in [5, 5.41) is 13.3. The highest BCUT2D eigenvalue weighted by Gasteiger charge is 2.24. The molecule has 1 heterocycles. The second-order valence-electron chi connectivity index (χ2n) is 7.57. The Labute approximate surface area is 197 Å². The summed E-state index contributed by atoms with van der Waals surface area (Å²) < 4.78 is 10.5. The third-order valence-corrected chi connectivity index (χ3v) is 5.61. The number of halogens is 1. The topological polar surface area (TPSA) is 97.8 Å². The van der Waals surface area contributed by atoms with Crippen LogP contribution >= 0.6 is 11.6 Å². The van der Waals surface area contributed by atoms with Crippen LogP contribution in [-0.4, -0.2) is 35.1 Å². The Morgan fingerprint density at radius 1 is 1.06 bits per heavy atom. The van der Waals surface area contributed by atoms with Gasteiger partial charge >= 0.3 is 5.97 Å². The lowest BCUT2D eigenvalue weighted by Gasteiger charge is -2.18. The average Bonchev–Trinajstić information content (AvgIpc) is 2.80. The zero-order valence-corrected chi connectivity index (χ0v) is 19.5. The van der Waals surface area contributed by atoms with E-state index in [-0.39, 0.29) is 11.4 Å². The molecule has 3 aromatic rings. The first-order valence-corrected chi connectivity index (χ1v) is 10.7. The van der Waals surface area contributed by atoms with Gasteiger partial charge in [0.05, 0.1) is 7.11 Å². The highest BCUT2D eigenvalue weighted by atomic mass is 35.5. The molecule has 0 saturated heterocycles. The molecule has 0 aliphatic heterocycles. The van der Waals surface area contributed by atoms with Crippen molar-refractivity contribution in [1.29, 1.82) is 0 Å². The molecule has 0 bridgehead atoms. The van der Waals surface area contributed by atoms with Crippen molar-refractivity contribution in [2.75, 3.05) is 7.11 Å². The van der Waals surface area contributed by atoms with Gasteiger partial charge in [-0.2, -0.15) is 0 Å². The van der Waals surface area contributed by atoms with Crippen LogP contribution in [0.15, 0.2) is 54.7 Å². The fraction of sp³-hybridized carbons (Fsp3) is 0.240. The van der Waals surface area contributed by atoms with Crippen LogP contribution in [0.4, 0.5) is 0 Å². The Balaban J connectivity index is 1.62. The maximum absolute atomic E-state index is 12.5. The summed E-state index contributed by atoms with van der Waals surface area (Å²) in [6.07, 6.45) is 0.800. The lowest BCUT2D eigenvalue weighted by molar-refractivity contribution is -0.150. The van der Waals surface area contributed by atoms with Gasteiger partial charge in [-0.15, -0.1) is 0 Å². The lowest BCUT2D eigenvalue weighted by Crippen LogP contribution is -2.40. The van der Waals surface area contributed by atoms with E-state index >= 15 is 0 Å². The van der Waals surface area contributed by atoms with Crippen LogP contribution in [0.5, 0.6) is 11.5 Å². The average molecular weight is 469 g/mol. The summed E-state index contributed by atoms with van der Waals surface area (Å²) in [6.45, 7) is 5.20. The monoisotopic (exact) mass is 468 g/mol. The molecule has 0 aliphatic rings. The number of pyridine rings is 1. The minimum absolute atomic E-state index is 0.108. The molecule has 1 aromatic heterocycles. The number of aromatic hydroxyl groups is 1. The van der Waals surface area contributed by atoms with E-state index in [0.717, 1.165) is 27.3 Å². The van der Waals surface area contributed by atoms with Crippen molar-refractivity contribution >= 4 is 23.5 Å². The SMILES string of the molecule is COc1ccnc(C(=O)N[C@@H](C)C(=O)O[C@@H](C)c2ccc(-c3ccc(Cl)c(C)c3)cc2)c1O. The predicted molar refractivity (Wildman–Crippen MR) is 126 cm³/mol. The van der Waals surface area contributed by atoms with E-state index in [0.29, 0.717) is 0 Å². The van der Waals surface area contributed by atoms with Gasteiger partial charge in [0.2, 0.25) is 0 Å². The first-order chi connectivity index (χ1) is 15.7. The van der Waals surface area contributed by atoms with Crippen LogP contribution in [0.25, 0.3) is 11.1 Å². The van der Waals surface area contributed by atoms with Crippen LogP contribution in [0, 0.1) is 6.92 Å². The number of methoxy groups -OCH3 is 1. The molecule has 7 nitrogen and oxygen atoms in total. The van der Waals surface area contributed by atoms with Crippen molar-refractivity contribution in [2.45, 2.75) is 32.9 Å². The Bertz CT molecular complexity index is 1160. The molecule has 0 fully saturated rings. The summed E-state index contributed by atoms with van der Waals surface area (Å²) in [5.41, 5.74) is 3.62. The van der Waals surface area contributed by atoms with E-state index in [1.54, 1.807) is 6.92 Å². The van der Waals surface area contributed by atoms with E-state index in [1.165, 1.54) is 26.3 Å². The van der Waals surface area contributed by atoms with Crippen LogP contribution < -0.4 is 10.1 Å². The van der Waals surface area contributed by atoms with Gasteiger partial charge in [-0.05, 0) is 55.2 Å². The van der Waals surface area contributed by atoms with Gasteiger partial charge in [-0.1, -0.05) is 41.9 Å². The molecule has 2 aromatic carbocycles. The van der Waals surface area contributed by atoms with Gasteiger partial charge in [-0.3, -0.25) is 4.79 Å². The number of carbonyl (C=O) groups excluding carboxylic acids is 2. The number of esters is 1. The number of benzene rings is 2. The van der Waals surface area contributed by atoms with Crippen LogP contribution in [-0.2, 0) is 9.53 Å². The summed E-state index contributed by atoms with van der Waals surface area (Å²) in [7, 11) is 1.36. The molecular weight excluding hydrogens is 444 g/mol. The van der Waals surface area contributed by atoms with Crippen LogP contribution in [0.2, 0.25) is 5.02 Å². The quantitative estimate of drug-likeness (QED) is 0.481. The summed E-state index contributed by atoms with van der Waals surface area (Å²) in [6, 6.07) is 14.0. The maximum atomic E-state index is 12.5. The van der Waals surface area contributed by atoms with Crippen molar-refractivity contribution in [1.82, 2.24) is 10.3 Å². The van der Waals surface area contributed by atoms with Crippen molar-refractivity contribution in [3.63, 3.8) is 0 Å². The van der Waals surface area contributed by atoms with E-state index in [4.69, 9.17) is 21.1 Å². The zero-order valence-electron chi connectivity index (χ0n) is 18.8. The molecule has 0 aliphatic carbocycles. The molecule has 0 radical (unpaired) electrons. The highest BCUT2D eigenvalue weighted by molar-refractivity contribution is 6.31. The molecule has 33 heavy (non-hydrogen) atoms. The molecule has 0 unspecified atom stereocenters. The maximum Gasteiger partial charge on any atom is 0.328 e. The van der Waals surface area contributed by atoms with E-state index in [9.17, 15) is 14.7 Å². The van der Waals surface area contributed by atoms with E-state index in [1.807, 2.05) is 49.4 Å². The van der Waals surface area contributed by atoms with Gasteiger partial charge in [0.1, 0.15) is 12.1 Å². The highest BCUT2D eigenvalue weighted by Crippen LogP contribution is 2.28. The number of ether oxygens (including phenoxy) is 2. The first kappa shape index (κ1) is 24.1. The molecule has 172 valence electrons. The van der Waals surface area contributed by atoms with E-state index < -0.39 is 29.8 Å². The van der Waals surface area contributed by atoms with Crippen LogP contribution in [0.1, 0.15) is 41.6 Å². The summed E-state index contributed by atoms with van der Waals surface area (Å²) in [4.78, 5) is 28.8.